The van der Waals surface area contributed by atoms with Gasteiger partial charge in [-0.05, 0) is 42.8 Å². The van der Waals surface area contributed by atoms with Gasteiger partial charge >= 0.3 is 0 Å². The Morgan fingerprint density at radius 3 is 2.62 bits per heavy atom. The summed E-state index contributed by atoms with van der Waals surface area (Å²) in [6.07, 6.45) is 4.37. The summed E-state index contributed by atoms with van der Waals surface area (Å²) in [5.74, 6) is 0.928. The molecule has 0 spiro atoms. The van der Waals surface area contributed by atoms with Gasteiger partial charge in [0.05, 0.1) is 22.6 Å². The standard InChI is InChI=1S/C25H20N4/c1-17-6-4-7-18(14-17)15-23-28-24(25(29-23)22-9-2-3-12-27-22)20-10-11-21-19(16-20)8-5-13-26-21/h2-14,16H,15H2,1H3,(H,28,29). The fraction of sp³-hybridized carbons (Fsp3) is 0.0800. The molecular formula is C25H20N4. The molecule has 0 atom stereocenters. The smallest absolute Gasteiger partial charge is 0.111 e. The Hall–Kier alpha value is -3.79. The average molecular weight is 376 g/mol. The predicted octanol–water partition coefficient (Wildman–Crippen LogP) is 5.59. The van der Waals surface area contributed by atoms with Crippen LogP contribution in [0.4, 0.5) is 0 Å². The van der Waals surface area contributed by atoms with E-state index in [0.29, 0.717) is 0 Å². The number of aromatic nitrogens is 4. The second-order valence-electron chi connectivity index (χ2n) is 7.20. The van der Waals surface area contributed by atoms with Crippen LogP contribution in [0.15, 0.2) is 85.2 Å². The van der Waals surface area contributed by atoms with Gasteiger partial charge in [0.2, 0.25) is 0 Å². The minimum absolute atomic E-state index is 0.747. The van der Waals surface area contributed by atoms with Gasteiger partial charge in [0.15, 0.2) is 0 Å². The SMILES string of the molecule is Cc1cccc(Cc2nc(-c3ccc4ncccc4c3)c(-c3ccccn3)[nH]2)c1. The van der Waals surface area contributed by atoms with E-state index in [0.717, 1.165) is 45.8 Å². The van der Waals surface area contributed by atoms with Crippen LogP contribution in [0.5, 0.6) is 0 Å². The molecule has 0 aliphatic rings. The van der Waals surface area contributed by atoms with Crippen molar-refractivity contribution in [1.82, 2.24) is 19.9 Å². The van der Waals surface area contributed by atoms with E-state index < -0.39 is 0 Å². The molecule has 5 rings (SSSR count). The molecule has 0 saturated heterocycles. The van der Waals surface area contributed by atoms with Crippen LogP contribution >= 0.6 is 0 Å². The van der Waals surface area contributed by atoms with Gasteiger partial charge in [-0.25, -0.2) is 4.98 Å². The van der Waals surface area contributed by atoms with Gasteiger partial charge in [-0.2, -0.15) is 0 Å². The number of nitrogens with zero attached hydrogens (tertiary/aromatic N) is 3. The van der Waals surface area contributed by atoms with Crippen molar-refractivity contribution in [2.45, 2.75) is 13.3 Å². The van der Waals surface area contributed by atoms with Gasteiger partial charge in [-0.1, -0.05) is 48.0 Å². The van der Waals surface area contributed by atoms with Gasteiger partial charge in [0, 0.05) is 29.8 Å². The summed E-state index contributed by atoms with van der Waals surface area (Å²) in [6.45, 7) is 2.11. The molecule has 3 heterocycles. The van der Waals surface area contributed by atoms with E-state index >= 15 is 0 Å². The third-order valence-electron chi connectivity index (χ3n) is 5.00. The number of aromatic amines is 1. The van der Waals surface area contributed by atoms with Gasteiger partial charge in [-0.15, -0.1) is 0 Å². The number of pyridine rings is 2. The van der Waals surface area contributed by atoms with Crippen molar-refractivity contribution in [3.8, 4) is 22.6 Å². The summed E-state index contributed by atoms with van der Waals surface area (Å²) >= 11 is 0. The van der Waals surface area contributed by atoms with Gasteiger partial charge in [0.1, 0.15) is 5.82 Å². The monoisotopic (exact) mass is 376 g/mol. The van der Waals surface area contributed by atoms with Crippen LogP contribution in [-0.2, 0) is 6.42 Å². The second kappa shape index (κ2) is 7.32. The van der Waals surface area contributed by atoms with Crippen LogP contribution in [0.2, 0.25) is 0 Å². The molecule has 0 bridgehead atoms. The van der Waals surface area contributed by atoms with Crippen LogP contribution in [0.1, 0.15) is 17.0 Å². The molecule has 2 aromatic carbocycles. The molecule has 4 nitrogen and oxygen atoms in total. The number of H-pyrrole nitrogens is 1. The van der Waals surface area contributed by atoms with Crippen LogP contribution in [0.3, 0.4) is 0 Å². The number of fused-ring (bicyclic) bond motifs is 1. The molecule has 0 saturated carbocycles. The van der Waals surface area contributed by atoms with Crippen LogP contribution < -0.4 is 0 Å². The van der Waals surface area contributed by atoms with Crippen molar-refractivity contribution < 1.29 is 0 Å². The largest absolute Gasteiger partial charge is 0.340 e. The highest BCUT2D eigenvalue weighted by atomic mass is 15.0. The minimum Gasteiger partial charge on any atom is -0.340 e. The van der Waals surface area contributed by atoms with Gasteiger partial charge < -0.3 is 4.98 Å². The molecule has 1 N–H and O–H groups in total. The number of rotatable bonds is 4. The zero-order valence-corrected chi connectivity index (χ0v) is 16.1. The molecule has 0 amide bonds. The van der Waals surface area contributed by atoms with E-state index in [2.05, 4.69) is 64.3 Å². The van der Waals surface area contributed by atoms with Gasteiger partial charge in [0.25, 0.3) is 0 Å². The number of hydrogen-bond acceptors (Lipinski definition) is 3. The number of aryl methyl sites for hydroxylation is 1. The summed E-state index contributed by atoms with van der Waals surface area (Å²) in [5.41, 5.74) is 7.26. The molecule has 0 fully saturated rings. The van der Waals surface area contributed by atoms with Crippen LogP contribution in [-0.4, -0.2) is 19.9 Å². The molecule has 5 aromatic rings. The Labute approximate surface area is 169 Å². The molecule has 0 aliphatic carbocycles. The minimum atomic E-state index is 0.747. The first-order valence-corrected chi connectivity index (χ1v) is 9.67. The lowest BCUT2D eigenvalue weighted by molar-refractivity contribution is 1.02. The lowest BCUT2D eigenvalue weighted by atomic mass is 10.1. The molecular weight excluding hydrogens is 356 g/mol. The molecule has 4 heteroatoms. The third kappa shape index (κ3) is 3.52. The normalized spacial score (nSPS) is 11.1. The summed E-state index contributed by atoms with van der Waals surface area (Å²) < 4.78 is 0. The highest BCUT2D eigenvalue weighted by molar-refractivity contribution is 5.86. The summed E-state index contributed by atoms with van der Waals surface area (Å²) in [5, 5.41) is 1.10. The lowest BCUT2D eigenvalue weighted by Gasteiger charge is -2.04. The van der Waals surface area contributed by atoms with Crippen molar-refractivity contribution in [3.05, 3.63) is 102 Å². The average Bonchev–Trinajstić information content (AvgIpc) is 3.18. The Balaban J connectivity index is 1.63. The summed E-state index contributed by atoms with van der Waals surface area (Å²) in [6, 6.07) is 24.8. The number of nitrogens with one attached hydrogen (secondary N) is 1. The summed E-state index contributed by atoms with van der Waals surface area (Å²) in [4.78, 5) is 17.5. The maximum atomic E-state index is 4.97. The highest BCUT2D eigenvalue weighted by Gasteiger charge is 2.16. The van der Waals surface area contributed by atoms with E-state index in [4.69, 9.17) is 4.98 Å². The number of hydrogen-bond donors (Lipinski definition) is 1. The molecule has 0 unspecified atom stereocenters. The number of benzene rings is 2. The van der Waals surface area contributed by atoms with E-state index in [1.165, 1.54) is 11.1 Å². The Morgan fingerprint density at radius 1 is 0.828 bits per heavy atom. The van der Waals surface area contributed by atoms with Crippen LogP contribution in [0.25, 0.3) is 33.5 Å². The maximum Gasteiger partial charge on any atom is 0.111 e. The molecule has 3 aromatic heterocycles. The molecule has 0 radical (unpaired) electrons. The molecule has 29 heavy (non-hydrogen) atoms. The topological polar surface area (TPSA) is 54.5 Å². The quantitative estimate of drug-likeness (QED) is 0.445. The Morgan fingerprint density at radius 2 is 1.76 bits per heavy atom. The van der Waals surface area contributed by atoms with Crippen molar-refractivity contribution in [2.75, 3.05) is 0 Å². The van der Waals surface area contributed by atoms with Crippen molar-refractivity contribution >= 4 is 10.9 Å². The maximum absolute atomic E-state index is 4.97. The summed E-state index contributed by atoms with van der Waals surface area (Å²) in [7, 11) is 0. The van der Waals surface area contributed by atoms with Crippen molar-refractivity contribution in [3.63, 3.8) is 0 Å². The molecule has 0 aliphatic heterocycles. The fourth-order valence-electron chi connectivity index (χ4n) is 3.65. The number of imidazole rings is 1. The highest BCUT2D eigenvalue weighted by Crippen LogP contribution is 2.31. The first kappa shape index (κ1) is 17.3. The Kier molecular flexibility index (Phi) is 4.37. The zero-order valence-electron chi connectivity index (χ0n) is 16.1. The van der Waals surface area contributed by atoms with E-state index in [-0.39, 0.29) is 0 Å². The lowest BCUT2D eigenvalue weighted by Crippen LogP contribution is -1.91. The van der Waals surface area contributed by atoms with E-state index in [1.54, 1.807) is 0 Å². The van der Waals surface area contributed by atoms with Crippen molar-refractivity contribution in [1.29, 1.82) is 0 Å². The Bertz CT molecular complexity index is 1290. The van der Waals surface area contributed by atoms with E-state index in [1.807, 2.05) is 42.7 Å². The molecule has 140 valence electrons. The second-order valence-corrected chi connectivity index (χ2v) is 7.20. The first-order chi connectivity index (χ1) is 14.3. The zero-order chi connectivity index (χ0) is 19.6. The fourth-order valence-corrected chi connectivity index (χ4v) is 3.65. The van der Waals surface area contributed by atoms with Gasteiger partial charge in [-0.3, -0.25) is 9.97 Å². The predicted molar refractivity (Wildman–Crippen MR) is 117 cm³/mol. The van der Waals surface area contributed by atoms with Crippen molar-refractivity contribution in [2.24, 2.45) is 0 Å². The van der Waals surface area contributed by atoms with E-state index in [9.17, 15) is 0 Å². The third-order valence-corrected chi connectivity index (χ3v) is 5.00. The first-order valence-electron chi connectivity index (χ1n) is 9.67. The van der Waals surface area contributed by atoms with Crippen LogP contribution in [0, 0.1) is 6.92 Å².